The number of carbonyl (C=O) groups excluding carboxylic acids is 1. The molecule has 1 amide bonds. The fourth-order valence-electron chi connectivity index (χ4n) is 3.12. The third-order valence-electron chi connectivity index (χ3n) is 4.35. The van der Waals surface area contributed by atoms with Gasteiger partial charge in [0.15, 0.2) is 0 Å². The zero-order valence-electron chi connectivity index (χ0n) is 13.7. The summed E-state index contributed by atoms with van der Waals surface area (Å²) < 4.78 is 13.3. The molecule has 1 aromatic heterocycles. The lowest BCUT2D eigenvalue weighted by molar-refractivity contribution is 0.0672. The third kappa shape index (κ3) is 3.88. The molecule has 0 bridgehead atoms. The number of piperidine rings is 1. The summed E-state index contributed by atoms with van der Waals surface area (Å²) in [5.41, 5.74) is 1.34. The van der Waals surface area contributed by atoms with Crippen LogP contribution in [0.5, 0.6) is 0 Å². The van der Waals surface area contributed by atoms with Crippen molar-refractivity contribution < 1.29 is 9.18 Å². The van der Waals surface area contributed by atoms with Crippen molar-refractivity contribution in [3.05, 3.63) is 53.5 Å². The van der Waals surface area contributed by atoms with E-state index in [9.17, 15) is 9.18 Å². The number of benzene rings is 1. The number of likely N-dealkylation sites (tertiary alicyclic amines) is 1. The van der Waals surface area contributed by atoms with Crippen molar-refractivity contribution in [1.82, 2.24) is 15.1 Å². The first-order valence-electron chi connectivity index (χ1n) is 8.21. The summed E-state index contributed by atoms with van der Waals surface area (Å²) in [5, 5.41) is 11.3. The van der Waals surface area contributed by atoms with Gasteiger partial charge in [-0.2, -0.15) is 5.10 Å². The Morgan fingerprint density at radius 2 is 2.21 bits per heavy atom. The summed E-state index contributed by atoms with van der Waals surface area (Å²) in [7, 11) is 1.81. The second kappa shape index (κ2) is 7.38. The van der Waals surface area contributed by atoms with Crippen molar-refractivity contribution in [1.29, 1.82) is 0 Å². The first-order chi connectivity index (χ1) is 11.7. The fourth-order valence-corrected chi connectivity index (χ4v) is 3.12. The maximum absolute atomic E-state index is 13.3. The molecule has 1 aliphatic heterocycles. The number of halogens is 1. The van der Waals surface area contributed by atoms with Crippen LogP contribution in [0, 0.1) is 11.7 Å². The molecule has 0 saturated carbocycles. The minimum atomic E-state index is -0.380. The summed E-state index contributed by atoms with van der Waals surface area (Å²) in [6.45, 7) is 1.39. The van der Waals surface area contributed by atoms with Gasteiger partial charge in [-0.1, -0.05) is 6.07 Å². The molecule has 0 spiro atoms. The predicted molar refractivity (Wildman–Crippen MR) is 90.3 cm³/mol. The van der Waals surface area contributed by atoms with Gasteiger partial charge in [0.05, 0.1) is 5.69 Å². The van der Waals surface area contributed by atoms with Gasteiger partial charge < -0.3 is 10.2 Å². The van der Waals surface area contributed by atoms with Gasteiger partial charge in [-0.3, -0.25) is 4.79 Å². The molecule has 2 heterocycles. The van der Waals surface area contributed by atoms with Crippen molar-refractivity contribution in [2.45, 2.75) is 19.3 Å². The van der Waals surface area contributed by atoms with E-state index in [-0.39, 0.29) is 11.7 Å². The minimum Gasteiger partial charge on any atom is -0.372 e. The van der Waals surface area contributed by atoms with E-state index in [4.69, 9.17) is 0 Å². The molecule has 1 fully saturated rings. The molecule has 1 aromatic carbocycles. The second-order valence-electron chi connectivity index (χ2n) is 6.13. The lowest BCUT2D eigenvalue weighted by atomic mass is 9.93. The van der Waals surface area contributed by atoms with Crippen LogP contribution in [0.2, 0.25) is 0 Å². The zero-order valence-corrected chi connectivity index (χ0v) is 13.7. The van der Waals surface area contributed by atoms with E-state index in [0.29, 0.717) is 18.0 Å². The van der Waals surface area contributed by atoms with Crippen LogP contribution in [0.3, 0.4) is 0 Å². The lowest BCUT2D eigenvalue weighted by Crippen LogP contribution is -2.40. The number of carbonyl (C=O) groups is 1. The first kappa shape index (κ1) is 16.4. The van der Waals surface area contributed by atoms with Gasteiger partial charge in [-0.05, 0) is 55.5 Å². The Balaban J connectivity index is 1.64. The number of aromatic nitrogens is 2. The van der Waals surface area contributed by atoms with Crippen molar-refractivity contribution in [2.24, 2.45) is 5.92 Å². The van der Waals surface area contributed by atoms with Crippen LogP contribution in [0.15, 0.2) is 36.4 Å². The quantitative estimate of drug-likeness (QED) is 0.937. The smallest absolute Gasteiger partial charge is 0.253 e. The minimum absolute atomic E-state index is 0.101. The Kier molecular flexibility index (Phi) is 5.03. The fraction of sp³-hybridized carbons (Fsp3) is 0.389. The van der Waals surface area contributed by atoms with Crippen LogP contribution in [-0.4, -0.2) is 41.1 Å². The van der Waals surface area contributed by atoms with E-state index in [1.165, 1.54) is 12.1 Å². The molecule has 0 aliphatic carbocycles. The molecule has 3 rings (SSSR count). The van der Waals surface area contributed by atoms with Crippen LogP contribution in [0.1, 0.15) is 28.9 Å². The highest BCUT2D eigenvalue weighted by atomic mass is 19.1. The molecule has 0 radical (unpaired) electrons. The average Bonchev–Trinajstić information content (AvgIpc) is 2.62. The Bertz CT molecular complexity index is 704. The number of anilines is 1. The Morgan fingerprint density at radius 1 is 1.33 bits per heavy atom. The molecule has 5 nitrogen and oxygen atoms in total. The molecule has 2 aromatic rings. The third-order valence-corrected chi connectivity index (χ3v) is 4.35. The molecular weight excluding hydrogens is 307 g/mol. The molecule has 1 aliphatic rings. The summed E-state index contributed by atoms with van der Waals surface area (Å²) in [5.74, 6) is 0.612. The van der Waals surface area contributed by atoms with Gasteiger partial charge in [0.1, 0.15) is 11.6 Å². The van der Waals surface area contributed by atoms with E-state index < -0.39 is 0 Å². The Hall–Kier alpha value is -2.50. The Labute approximate surface area is 140 Å². The first-order valence-corrected chi connectivity index (χ1v) is 8.21. The second-order valence-corrected chi connectivity index (χ2v) is 6.13. The largest absolute Gasteiger partial charge is 0.372 e. The topological polar surface area (TPSA) is 58.1 Å². The maximum atomic E-state index is 13.3. The number of amides is 1. The van der Waals surface area contributed by atoms with Crippen LogP contribution in [-0.2, 0) is 6.42 Å². The highest BCUT2D eigenvalue weighted by molar-refractivity contribution is 5.94. The summed E-state index contributed by atoms with van der Waals surface area (Å²) in [4.78, 5) is 14.4. The van der Waals surface area contributed by atoms with Crippen molar-refractivity contribution >= 4 is 11.7 Å². The molecule has 126 valence electrons. The van der Waals surface area contributed by atoms with E-state index in [1.54, 1.807) is 19.2 Å². The summed E-state index contributed by atoms with van der Waals surface area (Å²) >= 11 is 0. The molecule has 1 unspecified atom stereocenters. The van der Waals surface area contributed by atoms with Crippen molar-refractivity contribution in [3.63, 3.8) is 0 Å². The molecule has 1 saturated heterocycles. The molecule has 1 atom stereocenters. The van der Waals surface area contributed by atoms with E-state index in [2.05, 4.69) is 15.5 Å². The SMILES string of the molecule is CNc1ccc(CC2CCCN(C(=O)c3cccc(F)c3)C2)nn1. The highest BCUT2D eigenvalue weighted by Gasteiger charge is 2.25. The average molecular weight is 328 g/mol. The molecule has 6 heteroatoms. The number of hydrogen-bond donors (Lipinski definition) is 1. The highest BCUT2D eigenvalue weighted by Crippen LogP contribution is 2.22. The standard InChI is InChI=1S/C18H21FN4O/c1-20-17-8-7-16(21-22-17)10-13-4-3-9-23(12-13)18(24)14-5-2-6-15(19)11-14/h2,5-8,11,13H,3-4,9-10,12H2,1H3,(H,20,22). The molecular formula is C18H21FN4O. The number of nitrogens with one attached hydrogen (secondary N) is 1. The van der Waals surface area contributed by atoms with Gasteiger partial charge in [0.2, 0.25) is 0 Å². The Morgan fingerprint density at radius 3 is 2.92 bits per heavy atom. The maximum Gasteiger partial charge on any atom is 0.253 e. The van der Waals surface area contributed by atoms with Gasteiger partial charge in [-0.15, -0.1) is 5.10 Å². The normalized spacial score (nSPS) is 17.6. The van der Waals surface area contributed by atoms with Gasteiger partial charge in [-0.25, -0.2) is 4.39 Å². The van der Waals surface area contributed by atoms with Crippen molar-refractivity contribution in [3.8, 4) is 0 Å². The van der Waals surface area contributed by atoms with Gasteiger partial charge >= 0.3 is 0 Å². The van der Waals surface area contributed by atoms with E-state index >= 15 is 0 Å². The van der Waals surface area contributed by atoms with Crippen LogP contribution in [0.4, 0.5) is 10.2 Å². The zero-order chi connectivity index (χ0) is 16.9. The van der Waals surface area contributed by atoms with E-state index in [1.807, 2.05) is 17.0 Å². The van der Waals surface area contributed by atoms with Crippen LogP contribution in [0.25, 0.3) is 0 Å². The summed E-state index contributed by atoms with van der Waals surface area (Å²) in [6.07, 6.45) is 2.81. The predicted octanol–water partition coefficient (Wildman–Crippen LogP) is 2.75. The van der Waals surface area contributed by atoms with Crippen LogP contribution < -0.4 is 5.32 Å². The molecule has 24 heavy (non-hydrogen) atoms. The summed E-state index contributed by atoms with van der Waals surface area (Å²) in [6, 6.07) is 9.75. The number of hydrogen-bond acceptors (Lipinski definition) is 4. The lowest BCUT2D eigenvalue weighted by Gasteiger charge is -2.32. The van der Waals surface area contributed by atoms with Gasteiger partial charge in [0.25, 0.3) is 5.91 Å². The van der Waals surface area contributed by atoms with Gasteiger partial charge in [0, 0.05) is 25.7 Å². The van der Waals surface area contributed by atoms with Crippen molar-refractivity contribution in [2.75, 3.05) is 25.5 Å². The number of rotatable bonds is 4. The molecule has 1 N–H and O–H groups in total. The monoisotopic (exact) mass is 328 g/mol. The van der Waals surface area contributed by atoms with E-state index in [0.717, 1.165) is 37.3 Å². The number of nitrogens with zero attached hydrogens (tertiary/aromatic N) is 3. The van der Waals surface area contributed by atoms with Crippen LogP contribution >= 0.6 is 0 Å².